The molecule has 5 heteroatoms. The van der Waals surface area contributed by atoms with E-state index in [0.29, 0.717) is 12.2 Å². The number of carbonyl (C=O) groups is 1. The van der Waals surface area contributed by atoms with Gasteiger partial charge in [-0.2, -0.15) is 0 Å². The maximum atomic E-state index is 12.9. The van der Waals surface area contributed by atoms with Crippen molar-refractivity contribution < 1.29 is 13.9 Å². The summed E-state index contributed by atoms with van der Waals surface area (Å²) in [5.41, 5.74) is 5.79. The van der Waals surface area contributed by atoms with Crippen LogP contribution >= 0.6 is 0 Å². The van der Waals surface area contributed by atoms with E-state index >= 15 is 0 Å². The molecule has 0 unspecified atom stereocenters. The SMILES string of the molecule is NC1CCN(C(=O)CCOc2cccc(F)c2)CC1. The number of likely N-dealkylation sites (tertiary alicyclic amines) is 1. The first-order valence-corrected chi connectivity index (χ1v) is 6.57. The molecular weight excluding hydrogens is 247 g/mol. The number of amides is 1. The van der Waals surface area contributed by atoms with Crippen molar-refractivity contribution in [3.63, 3.8) is 0 Å². The van der Waals surface area contributed by atoms with Gasteiger partial charge in [-0.05, 0) is 25.0 Å². The molecule has 0 aromatic heterocycles. The van der Waals surface area contributed by atoms with Gasteiger partial charge in [0.15, 0.2) is 0 Å². The van der Waals surface area contributed by atoms with Crippen LogP contribution in [0.5, 0.6) is 5.75 Å². The molecule has 1 aromatic carbocycles. The highest BCUT2D eigenvalue weighted by molar-refractivity contribution is 5.76. The van der Waals surface area contributed by atoms with Gasteiger partial charge >= 0.3 is 0 Å². The Morgan fingerprint density at radius 2 is 2.16 bits per heavy atom. The smallest absolute Gasteiger partial charge is 0.225 e. The van der Waals surface area contributed by atoms with Crippen LogP contribution in [0.2, 0.25) is 0 Å². The monoisotopic (exact) mass is 266 g/mol. The number of piperidine rings is 1. The lowest BCUT2D eigenvalue weighted by Crippen LogP contribution is -2.43. The quantitative estimate of drug-likeness (QED) is 0.899. The topological polar surface area (TPSA) is 55.6 Å². The highest BCUT2D eigenvalue weighted by Crippen LogP contribution is 2.13. The molecule has 0 radical (unpaired) electrons. The van der Waals surface area contributed by atoms with Gasteiger partial charge in [0, 0.05) is 25.2 Å². The first kappa shape index (κ1) is 13.8. The van der Waals surface area contributed by atoms with E-state index in [1.54, 1.807) is 12.1 Å². The Hall–Kier alpha value is -1.62. The lowest BCUT2D eigenvalue weighted by Gasteiger charge is -2.30. The summed E-state index contributed by atoms with van der Waals surface area (Å²) in [7, 11) is 0. The number of nitrogens with two attached hydrogens (primary N) is 1. The summed E-state index contributed by atoms with van der Waals surface area (Å²) < 4.78 is 18.3. The molecule has 2 rings (SSSR count). The van der Waals surface area contributed by atoms with Crippen molar-refractivity contribution in [3.8, 4) is 5.75 Å². The first-order valence-electron chi connectivity index (χ1n) is 6.57. The van der Waals surface area contributed by atoms with Gasteiger partial charge in [-0.1, -0.05) is 6.07 Å². The number of halogens is 1. The summed E-state index contributed by atoms with van der Waals surface area (Å²) in [6, 6.07) is 6.14. The Bertz CT molecular complexity index is 431. The lowest BCUT2D eigenvalue weighted by molar-refractivity contribution is -0.132. The zero-order valence-corrected chi connectivity index (χ0v) is 10.8. The zero-order chi connectivity index (χ0) is 13.7. The van der Waals surface area contributed by atoms with Gasteiger partial charge in [0.25, 0.3) is 0 Å². The number of carbonyl (C=O) groups excluding carboxylic acids is 1. The standard InChI is InChI=1S/C14H19FN2O2/c15-11-2-1-3-13(10-11)19-9-6-14(18)17-7-4-12(16)5-8-17/h1-3,10,12H,4-9,16H2. The molecule has 0 bridgehead atoms. The molecule has 1 heterocycles. The maximum Gasteiger partial charge on any atom is 0.225 e. The fourth-order valence-corrected chi connectivity index (χ4v) is 2.12. The largest absolute Gasteiger partial charge is 0.493 e. The molecule has 0 aliphatic carbocycles. The zero-order valence-electron chi connectivity index (χ0n) is 10.8. The third kappa shape index (κ3) is 4.21. The van der Waals surface area contributed by atoms with E-state index in [9.17, 15) is 9.18 Å². The molecule has 1 aliphatic rings. The van der Waals surface area contributed by atoms with Crippen LogP contribution in [0.3, 0.4) is 0 Å². The molecule has 1 aromatic rings. The molecule has 0 saturated carbocycles. The van der Waals surface area contributed by atoms with Crippen LogP contribution in [0.25, 0.3) is 0 Å². The Morgan fingerprint density at radius 1 is 1.42 bits per heavy atom. The number of ether oxygens (including phenoxy) is 1. The van der Waals surface area contributed by atoms with Crippen molar-refractivity contribution >= 4 is 5.91 Å². The molecule has 0 spiro atoms. The lowest BCUT2D eigenvalue weighted by atomic mass is 10.1. The highest BCUT2D eigenvalue weighted by Gasteiger charge is 2.20. The number of nitrogens with zero attached hydrogens (tertiary/aromatic N) is 1. The summed E-state index contributed by atoms with van der Waals surface area (Å²) >= 11 is 0. The van der Waals surface area contributed by atoms with E-state index in [1.165, 1.54) is 12.1 Å². The minimum Gasteiger partial charge on any atom is -0.493 e. The molecule has 104 valence electrons. The van der Waals surface area contributed by atoms with Gasteiger partial charge in [0.2, 0.25) is 5.91 Å². The van der Waals surface area contributed by atoms with Crippen molar-refractivity contribution in [1.29, 1.82) is 0 Å². The second-order valence-corrected chi connectivity index (χ2v) is 4.77. The van der Waals surface area contributed by atoms with Crippen LogP contribution < -0.4 is 10.5 Å². The molecule has 1 saturated heterocycles. The van der Waals surface area contributed by atoms with Crippen molar-refractivity contribution in [2.45, 2.75) is 25.3 Å². The van der Waals surface area contributed by atoms with Crippen LogP contribution in [0, 0.1) is 5.82 Å². The van der Waals surface area contributed by atoms with Gasteiger partial charge in [0.1, 0.15) is 11.6 Å². The van der Waals surface area contributed by atoms with Gasteiger partial charge in [-0.25, -0.2) is 4.39 Å². The van der Waals surface area contributed by atoms with Gasteiger partial charge < -0.3 is 15.4 Å². The maximum absolute atomic E-state index is 12.9. The molecule has 4 nitrogen and oxygen atoms in total. The van der Waals surface area contributed by atoms with E-state index in [-0.39, 0.29) is 24.4 Å². The fraction of sp³-hybridized carbons (Fsp3) is 0.500. The van der Waals surface area contributed by atoms with E-state index < -0.39 is 0 Å². The summed E-state index contributed by atoms with van der Waals surface area (Å²) in [4.78, 5) is 13.7. The second kappa shape index (κ2) is 6.52. The molecular formula is C14H19FN2O2. The van der Waals surface area contributed by atoms with E-state index in [0.717, 1.165) is 25.9 Å². The van der Waals surface area contributed by atoms with Crippen LogP contribution in [-0.4, -0.2) is 36.5 Å². The van der Waals surface area contributed by atoms with Crippen molar-refractivity contribution in [2.24, 2.45) is 5.73 Å². The highest BCUT2D eigenvalue weighted by atomic mass is 19.1. The van der Waals surface area contributed by atoms with Crippen molar-refractivity contribution in [1.82, 2.24) is 4.90 Å². The molecule has 19 heavy (non-hydrogen) atoms. The number of hydrogen-bond acceptors (Lipinski definition) is 3. The second-order valence-electron chi connectivity index (χ2n) is 4.77. The fourth-order valence-electron chi connectivity index (χ4n) is 2.12. The van der Waals surface area contributed by atoms with Gasteiger partial charge in [0.05, 0.1) is 13.0 Å². The van der Waals surface area contributed by atoms with Crippen LogP contribution in [-0.2, 0) is 4.79 Å². The molecule has 1 amide bonds. The van der Waals surface area contributed by atoms with Crippen LogP contribution in [0.4, 0.5) is 4.39 Å². The number of benzene rings is 1. The van der Waals surface area contributed by atoms with E-state index in [1.807, 2.05) is 4.90 Å². The predicted octanol–water partition coefficient (Wildman–Crippen LogP) is 1.54. The molecule has 2 N–H and O–H groups in total. The van der Waals surface area contributed by atoms with Crippen molar-refractivity contribution in [3.05, 3.63) is 30.1 Å². The number of hydrogen-bond donors (Lipinski definition) is 1. The average Bonchev–Trinajstić information content (AvgIpc) is 2.39. The van der Waals surface area contributed by atoms with Gasteiger partial charge in [-0.3, -0.25) is 4.79 Å². The van der Waals surface area contributed by atoms with E-state index in [2.05, 4.69) is 0 Å². The minimum atomic E-state index is -0.339. The third-order valence-corrected chi connectivity index (χ3v) is 3.27. The van der Waals surface area contributed by atoms with Crippen molar-refractivity contribution in [2.75, 3.05) is 19.7 Å². The molecule has 1 aliphatic heterocycles. The van der Waals surface area contributed by atoms with Crippen LogP contribution in [0.15, 0.2) is 24.3 Å². The Balaban J connectivity index is 1.72. The third-order valence-electron chi connectivity index (χ3n) is 3.27. The molecule has 1 fully saturated rings. The first-order chi connectivity index (χ1) is 9.15. The predicted molar refractivity (Wildman–Crippen MR) is 70.3 cm³/mol. The summed E-state index contributed by atoms with van der Waals surface area (Å²) in [6.07, 6.45) is 2.03. The minimum absolute atomic E-state index is 0.0725. The van der Waals surface area contributed by atoms with Gasteiger partial charge in [-0.15, -0.1) is 0 Å². The Labute approximate surface area is 112 Å². The normalized spacial score (nSPS) is 16.4. The Kier molecular flexibility index (Phi) is 4.74. The average molecular weight is 266 g/mol. The number of rotatable bonds is 4. The Morgan fingerprint density at radius 3 is 2.84 bits per heavy atom. The summed E-state index contributed by atoms with van der Waals surface area (Å²) in [5, 5.41) is 0. The molecule has 0 atom stereocenters. The summed E-state index contributed by atoms with van der Waals surface area (Å²) in [6.45, 7) is 1.71. The van der Waals surface area contributed by atoms with Crippen LogP contribution in [0.1, 0.15) is 19.3 Å². The summed E-state index contributed by atoms with van der Waals surface area (Å²) in [5.74, 6) is 0.186. The van der Waals surface area contributed by atoms with E-state index in [4.69, 9.17) is 10.5 Å².